The molecule has 2 aliphatic rings. The van der Waals surface area contributed by atoms with Crippen LogP contribution in [0.25, 0.3) is 11.4 Å². The fourth-order valence-electron chi connectivity index (χ4n) is 4.70. The van der Waals surface area contributed by atoms with Crippen molar-refractivity contribution in [2.45, 2.75) is 57.7 Å². The van der Waals surface area contributed by atoms with Crippen LogP contribution in [0.2, 0.25) is 0 Å². The second-order valence-electron chi connectivity index (χ2n) is 9.14. The molecule has 1 aliphatic carbocycles. The maximum Gasteiger partial charge on any atom is 0.274 e. The lowest BCUT2D eigenvalue weighted by Gasteiger charge is -2.22. The van der Waals surface area contributed by atoms with E-state index in [0.717, 1.165) is 67.7 Å². The van der Waals surface area contributed by atoms with Crippen molar-refractivity contribution in [2.24, 2.45) is 0 Å². The predicted octanol–water partition coefficient (Wildman–Crippen LogP) is 4.58. The normalized spacial score (nSPS) is 15.4. The summed E-state index contributed by atoms with van der Waals surface area (Å²) in [4.78, 5) is 32.5. The molecule has 0 unspecified atom stereocenters. The highest BCUT2D eigenvalue weighted by molar-refractivity contribution is 5.95. The first-order valence-corrected chi connectivity index (χ1v) is 12.0. The topological polar surface area (TPSA) is 67.2 Å². The molecule has 2 aromatic carbocycles. The first-order valence-electron chi connectivity index (χ1n) is 12.0. The molecule has 1 saturated carbocycles. The Hall–Kier alpha value is -3.48. The molecule has 34 heavy (non-hydrogen) atoms. The number of halogens is 1. The van der Waals surface area contributed by atoms with Crippen molar-refractivity contribution >= 4 is 11.8 Å². The summed E-state index contributed by atoms with van der Waals surface area (Å²) in [7, 11) is 1.61. The molecule has 0 radical (unpaired) electrons. The van der Waals surface area contributed by atoms with Crippen LogP contribution in [0.15, 0.2) is 48.5 Å². The average Bonchev–Trinajstić information content (AvgIpc) is 3.68. The highest BCUT2D eigenvalue weighted by Gasteiger charge is 2.36. The van der Waals surface area contributed by atoms with Gasteiger partial charge in [0.1, 0.15) is 17.3 Å². The van der Waals surface area contributed by atoms with Crippen molar-refractivity contribution < 1.29 is 14.0 Å². The molecule has 2 amide bonds. The van der Waals surface area contributed by atoms with Gasteiger partial charge in [-0.05, 0) is 74.1 Å². The van der Waals surface area contributed by atoms with Crippen LogP contribution in [-0.2, 0) is 19.5 Å². The summed E-state index contributed by atoms with van der Waals surface area (Å²) >= 11 is 0. The number of carbonyl (C=O) groups excluding carboxylic acids is 2. The molecule has 2 heterocycles. The van der Waals surface area contributed by atoms with Crippen molar-refractivity contribution in [3.63, 3.8) is 0 Å². The number of nitrogens with one attached hydrogen (secondary N) is 1. The van der Waals surface area contributed by atoms with Gasteiger partial charge in [-0.2, -0.15) is 0 Å². The predicted molar refractivity (Wildman–Crippen MR) is 128 cm³/mol. The summed E-state index contributed by atoms with van der Waals surface area (Å²) in [6, 6.07) is 14.0. The van der Waals surface area contributed by atoms with Gasteiger partial charge in [0.2, 0.25) is 0 Å². The molecule has 3 aromatic rings. The van der Waals surface area contributed by atoms with Gasteiger partial charge in [0, 0.05) is 37.3 Å². The molecule has 0 bridgehead atoms. The zero-order valence-electron chi connectivity index (χ0n) is 19.4. The molecule has 0 spiro atoms. The monoisotopic (exact) mass is 460 g/mol. The zero-order chi connectivity index (χ0) is 23.7. The quantitative estimate of drug-likeness (QED) is 0.586. The molecular weight excluding hydrogens is 431 g/mol. The van der Waals surface area contributed by atoms with E-state index in [-0.39, 0.29) is 23.7 Å². The number of hydrogen-bond donors (Lipinski definition) is 1. The van der Waals surface area contributed by atoms with Gasteiger partial charge >= 0.3 is 0 Å². The highest BCUT2D eigenvalue weighted by Crippen LogP contribution is 2.33. The number of carbonyl (C=O) groups is 2. The number of fused-ring (bicyclic) bond motifs is 1. The van der Waals surface area contributed by atoms with E-state index in [1.807, 2.05) is 17.0 Å². The van der Waals surface area contributed by atoms with E-state index in [9.17, 15) is 14.0 Å². The summed E-state index contributed by atoms with van der Waals surface area (Å²) in [5.41, 5.74) is 3.92. The van der Waals surface area contributed by atoms with Gasteiger partial charge in [-0.25, -0.2) is 9.37 Å². The molecule has 6 nitrogen and oxygen atoms in total. The Morgan fingerprint density at radius 2 is 1.79 bits per heavy atom. The third kappa shape index (κ3) is 4.47. The van der Waals surface area contributed by atoms with Crippen LogP contribution in [0.4, 0.5) is 4.39 Å². The van der Waals surface area contributed by atoms with Crippen LogP contribution in [0.3, 0.4) is 0 Å². The van der Waals surface area contributed by atoms with Gasteiger partial charge < -0.3 is 14.8 Å². The Kier molecular flexibility index (Phi) is 6.18. The fraction of sp³-hybridized carbons (Fsp3) is 0.370. The maximum atomic E-state index is 13.9. The number of benzene rings is 2. The Balaban J connectivity index is 1.47. The summed E-state index contributed by atoms with van der Waals surface area (Å²) in [6.07, 6.45) is 5.97. The van der Waals surface area contributed by atoms with E-state index < -0.39 is 0 Å². The van der Waals surface area contributed by atoms with Gasteiger partial charge in [-0.1, -0.05) is 18.6 Å². The smallest absolute Gasteiger partial charge is 0.274 e. The fourth-order valence-corrected chi connectivity index (χ4v) is 4.70. The minimum atomic E-state index is -0.287. The SMILES string of the molecule is CNC(=O)c1ccc(CN(C(=O)c2nc(-c3ccc(F)cc3)n3c2CCCCC3)C2CC2)cc1. The second kappa shape index (κ2) is 9.41. The Morgan fingerprint density at radius 3 is 2.47 bits per heavy atom. The van der Waals surface area contributed by atoms with Crippen molar-refractivity contribution in [1.29, 1.82) is 0 Å². The molecular formula is C27H29FN4O2. The molecule has 176 valence electrons. The standard InChI is InChI=1S/C27H29FN4O2/c1-29-26(33)20-8-6-18(7-9-20)17-32(22-14-15-22)27(34)24-23-5-3-2-4-16-31(23)25(30-24)19-10-12-21(28)13-11-19/h6-13,22H,2-5,14-17H2,1H3,(H,29,33). The van der Waals surface area contributed by atoms with Crippen LogP contribution < -0.4 is 5.32 Å². The largest absolute Gasteiger partial charge is 0.355 e. The lowest BCUT2D eigenvalue weighted by molar-refractivity contribution is 0.0722. The third-order valence-corrected chi connectivity index (χ3v) is 6.72. The number of hydrogen-bond acceptors (Lipinski definition) is 3. The van der Waals surface area contributed by atoms with E-state index in [4.69, 9.17) is 4.98 Å². The van der Waals surface area contributed by atoms with Crippen LogP contribution >= 0.6 is 0 Å². The maximum absolute atomic E-state index is 13.9. The van der Waals surface area contributed by atoms with Crippen molar-refractivity contribution in [3.8, 4) is 11.4 Å². The Morgan fingerprint density at radius 1 is 1.06 bits per heavy atom. The second-order valence-corrected chi connectivity index (χ2v) is 9.14. The molecule has 0 atom stereocenters. The van der Waals surface area contributed by atoms with Crippen molar-refractivity contribution in [3.05, 3.63) is 76.9 Å². The van der Waals surface area contributed by atoms with E-state index in [1.54, 1.807) is 31.3 Å². The van der Waals surface area contributed by atoms with E-state index in [0.29, 0.717) is 17.8 Å². The van der Waals surface area contributed by atoms with Crippen LogP contribution in [0, 0.1) is 5.82 Å². The summed E-state index contributed by atoms with van der Waals surface area (Å²) in [5.74, 6) is 0.281. The van der Waals surface area contributed by atoms with Gasteiger partial charge in [-0.15, -0.1) is 0 Å². The Labute approximate surface area is 198 Å². The number of imidazole rings is 1. The van der Waals surface area contributed by atoms with Gasteiger partial charge in [0.25, 0.3) is 11.8 Å². The van der Waals surface area contributed by atoms with Crippen molar-refractivity contribution in [2.75, 3.05) is 7.05 Å². The molecule has 0 saturated heterocycles. The summed E-state index contributed by atoms with van der Waals surface area (Å²) < 4.78 is 15.7. The van der Waals surface area contributed by atoms with Crippen LogP contribution in [-0.4, -0.2) is 39.4 Å². The molecule has 1 N–H and O–H groups in total. The van der Waals surface area contributed by atoms with Gasteiger partial charge in [-0.3, -0.25) is 9.59 Å². The number of rotatable bonds is 6. The molecule has 1 fully saturated rings. The zero-order valence-corrected chi connectivity index (χ0v) is 19.4. The Bertz CT molecular complexity index is 1200. The van der Waals surface area contributed by atoms with Crippen LogP contribution in [0.5, 0.6) is 0 Å². The van der Waals surface area contributed by atoms with E-state index >= 15 is 0 Å². The average molecular weight is 461 g/mol. The molecule has 1 aromatic heterocycles. The van der Waals surface area contributed by atoms with Crippen LogP contribution in [0.1, 0.15) is 64.2 Å². The molecule has 1 aliphatic heterocycles. The number of amides is 2. The summed E-state index contributed by atoms with van der Waals surface area (Å²) in [5, 5.41) is 2.63. The lowest BCUT2D eigenvalue weighted by atomic mass is 10.1. The highest BCUT2D eigenvalue weighted by atomic mass is 19.1. The first-order chi connectivity index (χ1) is 16.5. The minimum absolute atomic E-state index is 0.0445. The molecule has 7 heteroatoms. The lowest BCUT2D eigenvalue weighted by Crippen LogP contribution is -2.33. The van der Waals surface area contributed by atoms with Crippen molar-refractivity contribution in [1.82, 2.24) is 19.8 Å². The van der Waals surface area contributed by atoms with Gasteiger partial charge in [0.05, 0.1) is 5.69 Å². The van der Waals surface area contributed by atoms with Gasteiger partial charge in [0.15, 0.2) is 0 Å². The molecule has 5 rings (SSSR count). The van der Waals surface area contributed by atoms with E-state index in [2.05, 4.69) is 9.88 Å². The number of nitrogens with zero attached hydrogens (tertiary/aromatic N) is 3. The summed E-state index contributed by atoms with van der Waals surface area (Å²) in [6.45, 7) is 1.29. The third-order valence-electron chi connectivity index (χ3n) is 6.72. The van der Waals surface area contributed by atoms with E-state index in [1.165, 1.54) is 12.1 Å². The minimum Gasteiger partial charge on any atom is -0.355 e. The first kappa shape index (κ1) is 22.3. The number of aromatic nitrogens is 2.